The van der Waals surface area contributed by atoms with Gasteiger partial charge in [-0.3, -0.25) is 14.7 Å². The van der Waals surface area contributed by atoms with Gasteiger partial charge in [-0.05, 0) is 43.5 Å². The summed E-state index contributed by atoms with van der Waals surface area (Å²) >= 11 is 0. The molecule has 0 saturated heterocycles. The average Bonchev–Trinajstić information content (AvgIpc) is 3.44. The summed E-state index contributed by atoms with van der Waals surface area (Å²) in [5.74, 6) is 1.76. The van der Waals surface area contributed by atoms with Gasteiger partial charge in [0.1, 0.15) is 18.2 Å². The maximum atomic E-state index is 12.8. The Bertz CT molecular complexity index is 901. The normalized spacial score (nSPS) is 20.8. The van der Waals surface area contributed by atoms with E-state index >= 15 is 0 Å². The Morgan fingerprint density at radius 3 is 2.96 bits per heavy atom. The summed E-state index contributed by atoms with van der Waals surface area (Å²) in [6.07, 6.45) is 7.63. The third kappa shape index (κ3) is 2.43. The van der Waals surface area contributed by atoms with Crippen LogP contribution in [0.25, 0.3) is 6.08 Å². The van der Waals surface area contributed by atoms with Crippen molar-refractivity contribution in [3.8, 4) is 11.5 Å². The molecule has 1 aromatic carbocycles. The van der Waals surface area contributed by atoms with Gasteiger partial charge >= 0.3 is 0 Å². The van der Waals surface area contributed by atoms with Gasteiger partial charge in [0.2, 0.25) is 5.78 Å². The van der Waals surface area contributed by atoms with Crippen molar-refractivity contribution in [2.45, 2.75) is 32.4 Å². The standard InChI is InChI=1S/C20H18N2O3/c1-12-19-14(10-22(11-24-19)15-4-5-15)8-16-18(23)17(25-20(12)16)7-13-3-2-6-21-9-13/h2-3,6-9,15H,4-5,10-11H2,1H3/b17-7-. The van der Waals surface area contributed by atoms with E-state index in [9.17, 15) is 4.79 Å². The first-order chi connectivity index (χ1) is 12.2. The van der Waals surface area contributed by atoms with Crippen LogP contribution in [0.15, 0.2) is 36.4 Å². The van der Waals surface area contributed by atoms with E-state index in [-0.39, 0.29) is 5.78 Å². The molecular formula is C20H18N2O3. The van der Waals surface area contributed by atoms with Crippen LogP contribution < -0.4 is 9.47 Å². The van der Waals surface area contributed by atoms with Crippen LogP contribution in [-0.2, 0) is 6.54 Å². The smallest absolute Gasteiger partial charge is 0.231 e. The zero-order chi connectivity index (χ0) is 17.0. The van der Waals surface area contributed by atoms with E-state index in [0.717, 1.165) is 29.0 Å². The molecule has 3 heterocycles. The molecule has 1 saturated carbocycles. The minimum atomic E-state index is -0.0756. The third-order valence-corrected chi connectivity index (χ3v) is 5.01. The number of hydrogen-bond donors (Lipinski definition) is 0. The summed E-state index contributed by atoms with van der Waals surface area (Å²) in [4.78, 5) is 19.2. The van der Waals surface area contributed by atoms with Gasteiger partial charge in [0.15, 0.2) is 5.76 Å². The number of hydrogen-bond acceptors (Lipinski definition) is 5. The number of benzene rings is 1. The third-order valence-electron chi connectivity index (χ3n) is 5.01. The van der Waals surface area contributed by atoms with Gasteiger partial charge in [-0.2, -0.15) is 0 Å². The highest BCUT2D eigenvalue weighted by molar-refractivity contribution is 6.15. The van der Waals surface area contributed by atoms with Crippen LogP contribution in [0.5, 0.6) is 11.5 Å². The highest BCUT2D eigenvalue weighted by Gasteiger charge is 2.36. The summed E-state index contributed by atoms with van der Waals surface area (Å²) in [7, 11) is 0. The topological polar surface area (TPSA) is 51.7 Å². The molecule has 25 heavy (non-hydrogen) atoms. The SMILES string of the molecule is Cc1c2c(cc3c1O/C(=C\c1cccnc1)C3=O)CN(C1CC1)CO2. The lowest BCUT2D eigenvalue weighted by Crippen LogP contribution is -2.34. The molecule has 0 atom stereocenters. The second-order valence-corrected chi connectivity index (χ2v) is 6.84. The van der Waals surface area contributed by atoms with Crippen molar-refractivity contribution in [2.24, 2.45) is 0 Å². The van der Waals surface area contributed by atoms with Crippen LogP contribution in [0.2, 0.25) is 0 Å². The van der Waals surface area contributed by atoms with Crippen molar-refractivity contribution >= 4 is 11.9 Å². The van der Waals surface area contributed by atoms with Crippen LogP contribution in [0.4, 0.5) is 0 Å². The maximum Gasteiger partial charge on any atom is 0.231 e. The monoisotopic (exact) mass is 334 g/mol. The molecule has 5 heteroatoms. The van der Waals surface area contributed by atoms with Crippen LogP contribution in [-0.4, -0.2) is 28.4 Å². The second-order valence-electron chi connectivity index (χ2n) is 6.84. The van der Waals surface area contributed by atoms with E-state index in [2.05, 4.69) is 9.88 Å². The molecule has 0 spiro atoms. The number of fused-ring (bicyclic) bond motifs is 2. The summed E-state index contributed by atoms with van der Waals surface area (Å²) in [6.45, 7) is 3.41. The van der Waals surface area contributed by atoms with Crippen LogP contribution in [0.1, 0.15) is 39.9 Å². The van der Waals surface area contributed by atoms with E-state index in [4.69, 9.17) is 9.47 Å². The molecule has 3 aliphatic rings. The van der Waals surface area contributed by atoms with Gasteiger partial charge in [0.05, 0.1) is 5.56 Å². The zero-order valence-electron chi connectivity index (χ0n) is 14.0. The Hall–Kier alpha value is -2.66. The van der Waals surface area contributed by atoms with Gasteiger partial charge in [0.25, 0.3) is 0 Å². The van der Waals surface area contributed by atoms with Crippen molar-refractivity contribution in [3.05, 3.63) is 58.6 Å². The van der Waals surface area contributed by atoms with E-state index in [1.165, 1.54) is 12.8 Å². The number of carbonyl (C=O) groups excluding carboxylic acids is 1. The lowest BCUT2D eigenvalue weighted by atomic mass is 10.00. The number of nitrogens with zero attached hydrogens (tertiary/aromatic N) is 2. The fourth-order valence-electron chi connectivity index (χ4n) is 3.55. The van der Waals surface area contributed by atoms with Crippen LogP contribution >= 0.6 is 0 Å². The van der Waals surface area contributed by atoms with Gasteiger partial charge in [-0.15, -0.1) is 0 Å². The first kappa shape index (κ1) is 14.7. The maximum absolute atomic E-state index is 12.8. The number of ketones is 1. The van der Waals surface area contributed by atoms with Crippen LogP contribution in [0, 0.1) is 6.92 Å². The molecule has 0 unspecified atom stereocenters. The zero-order valence-corrected chi connectivity index (χ0v) is 14.0. The molecule has 2 aliphatic heterocycles. The molecule has 126 valence electrons. The molecule has 5 rings (SSSR count). The minimum Gasteiger partial charge on any atom is -0.477 e. The number of carbonyl (C=O) groups is 1. The highest BCUT2D eigenvalue weighted by atomic mass is 16.5. The Morgan fingerprint density at radius 2 is 2.20 bits per heavy atom. The molecule has 0 bridgehead atoms. The largest absolute Gasteiger partial charge is 0.477 e. The number of rotatable bonds is 2. The second kappa shape index (κ2) is 5.43. The Morgan fingerprint density at radius 1 is 1.32 bits per heavy atom. The van der Waals surface area contributed by atoms with Crippen molar-refractivity contribution in [3.63, 3.8) is 0 Å². The average molecular weight is 334 g/mol. The predicted molar refractivity (Wildman–Crippen MR) is 92.4 cm³/mol. The van der Waals surface area contributed by atoms with E-state index in [0.29, 0.717) is 29.8 Å². The molecule has 0 N–H and O–H groups in total. The molecule has 1 fully saturated rings. The van der Waals surface area contributed by atoms with E-state index < -0.39 is 0 Å². The fourth-order valence-corrected chi connectivity index (χ4v) is 3.55. The first-order valence-corrected chi connectivity index (χ1v) is 8.58. The quantitative estimate of drug-likeness (QED) is 0.789. The summed E-state index contributed by atoms with van der Waals surface area (Å²) in [5, 5.41) is 0. The fraction of sp³-hybridized carbons (Fsp3) is 0.300. The summed E-state index contributed by atoms with van der Waals surface area (Å²) in [6, 6.07) is 6.31. The van der Waals surface area contributed by atoms with Gasteiger partial charge in [-0.25, -0.2) is 0 Å². The Labute approximate surface area is 145 Å². The van der Waals surface area contributed by atoms with E-state index in [1.807, 2.05) is 25.1 Å². The van der Waals surface area contributed by atoms with Crippen molar-refractivity contribution < 1.29 is 14.3 Å². The lowest BCUT2D eigenvalue weighted by molar-refractivity contribution is 0.0872. The predicted octanol–water partition coefficient (Wildman–Crippen LogP) is 3.32. The van der Waals surface area contributed by atoms with Crippen molar-refractivity contribution in [1.29, 1.82) is 0 Å². The molecular weight excluding hydrogens is 316 g/mol. The van der Waals surface area contributed by atoms with Crippen LogP contribution in [0.3, 0.4) is 0 Å². The molecule has 1 aromatic heterocycles. The summed E-state index contributed by atoms with van der Waals surface area (Å²) in [5.41, 5.74) is 3.46. The van der Waals surface area contributed by atoms with Gasteiger partial charge in [-0.1, -0.05) is 6.07 Å². The Kier molecular flexibility index (Phi) is 3.18. The minimum absolute atomic E-state index is 0.0756. The first-order valence-electron chi connectivity index (χ1n) is 8.58. The number of Topliss-reactive ketones (excluding diaryl/α,β-unsaturated/α-hetero) is 1. The van der Waals surface area contributed by atoms with E-state index in [1.54, 1.807) is 18.5 Å². The molecule has 0 radical (unpaired) electrons. The molecule has 5 nitrogen and oxygen atoms in total. The molecule has 1 aliphatic carbocycles. The number of allylic oxidation sites excluding steroid dienone is 1. The van der Waals surface area contributed by atoms with Crippen molar-refractivity contribution in [2.75, 3.05) is 6.73 Å². The number of ether oxygens (including phenoxy) is 2. The summed E-state index contributed by atoms with van der Waals surface area (Å²) < 4.78 is 11.9. The van der Waals surface area contributed by atoms with Gasteiger partial charge in [0, 0.05) is 36.1 Å². The lowest BCUT2D eigenvalue weighted by Gasteiger charge is -2.30. The molecule has 0 amide bonds. The number of aromatic nitrogens is 1. The van der Waals surface area contributed by atoms with Crippen molar-refractivity contribution in [1.82, 2.24) is 9.88 Å². The Balaban J connectivity index is 1.52. The number of pyridine rings is 1. The molecule has 2 aromatic rings. The highest BCUT2D eigenvalue weighted by Crippen LogP contribution is 2.44. The van der Waals surface area contributed by atoms with Gasteiger partial charge < -0.3 is 9.47 Å².